The summed E-state index contributed by atoms with van der Waals surface area (Å²) in [6, 6.07) is 3.39. The lowest BCUT2D eigenvalue weighted by molar-refractivity contribution is -0.137. The van der Waals surface area contributed by atoms with Gasteiger partial charge in [0.05, 0.1) is 0 Å². The molecule has 1 heterocycles. The highest BCUT2D eigenvalue weighted by Gasteiger charge is 2.25. The second kappa shape index (κ2) is 6.55. The first-order valence-corrected chi connectivity index (χ1v) is 7.25. The Kier molecular flexibility index (Phi) is 5.00. The van der Waals surface area contributed by atoms with Crippen LogP contribution < -0.4 is 0 Å². The van der Waals surface area contributed by atoms with Crippen molar-refractivity contribution in [3.63, 3.8) is 0 Å². The number of nitrogens with zero attached hydrogens (tertiary/aromatic N) is 1. The van der Waals surface area contributed by atoms with Crippen molar-refractivity contribution < 1.29 is 14.3 Å². The summed E-state index contributed by atoms with van der Waals surface area (Å²) in [5.41, 5.74) is 1.32. The van der Waals surface area contributed by atoms with Crippen molar-refractivity contribution in [2.24, 2.45) is 0 Å². The number of aryl methyl sites for hydroxylation is 1. The topological polar surface area (TPSA) is 40.5 Å². The average molecular weight is 300 g/mol. The van der Waals surface area contributed by atoms with Crippen LogP contribution in [0.25, 0.3) is 0 Å². The molecule has 0 radical (unpaired) electrons. The first-order valence-electron chi connectivity index (χ1n) is 6.87. The number of rotatable bonds is 5. The number of halogens is 2. The number of hydrogen-bond acceptors (Lipinski definition) is 2. The molecule has 0 saturated carbocycles. The van der Waals surface area contributed by atoms with Crippen LogP contribution in [-0.2, 0) is 11.3 Å². The Hall–Kier alpha value is -1.13. The van der Waals surface area contributed by atoms with Crippen LogP contribution >= 0.6 is 11.6 Å². The summed E-state index contributed by atoms with van der Waals surface area (Å²) < 4.78 is 13.6. The van der Waals surface area contributed by atoms with Gasteiger partial charge in [-0.3, -0.25) is 9.69 Å². The van der Waals surface area contributed by atoms with Gasteiger partial charge in [-0.2, -0.15) is 0 Å². The molecule has 1 unspecified atom stereocenters. The zero-order valence-corrected chi connectivity index (χ0v) is 12.3. The number of likely N-dealkylation sites (tertiary alicyclic amines) is 1. The smallest absolute Gasteiger partial charge is 0.303 e. The van der Waals surface area contributed by atoms with E-state index in [0.717, 1.165) is 24.9 Å². The van der Waals surface area contributed by atoms with E-state index in [1.165, 1.54) is 6.07 Å². The van der Waals surface area contributed by atoms with E-state index < -0.39 is 5.97 Å². The van der Waals surface area contributed by atoms with Crippen LogP contribution in [0.3, 0.4) is 0 Å². The quantitative estimate of drug-likeness (QED) is 0.903. The molecule has 0 spiro atoms. The van der Waals surface area contributed by atoms with Crippen molar-refractivity contribution in [3.05, 3.63) is 34.1 Å². The third-order valence-electron chi connectivity index (χ3n) is 3.89. The Balaban J connectivity index is 2.05. The van der Waals surface area contributed by atoms with Gasteiger partial charge in [-0.15, -0.1) is 0 Å². The molecule has 0 amide bonds. The molecule has 2 rings (SSSR count). The molecule has 20 heavy (non-hydrogen) atoms. The third kappa shape index (κ3) is 3.70. The van der Waals surface area contributed by atoms with Gasteiger partial charge in [0.15, 0.2) is 0 Å². The van der Waals surface area contributed by atoms with Crippen LogP contribution in [0.1, 0.15) is 36.8 Å². The zero-order valence-electron chi connectivity index (χ0n) is 11.5. The van der Waals surface area contributed by atoms with E-state index in [2.05, 4.69) is 4.90 Å². The minimum atomic E-state index is -0.767. The van der Waals surface area contributed by atoms with Crippen molar-refractivity contribution in [3.8, 4) is 0 Å². The average Bonchev–Trinajstić information content (AvgIpc) is 2.81. The number of benzene rings is 1. The predicted octanol–water partition coefficient (Wildman–Crippen LogP) is 3.62. The number of hydrogen-bond donors (Lipinski definition) is 1. The molecule has 1 fully saturated rings. The summed E-state index contributed by atoms with van der Waals surface area (Å²) in [6.45, 7) is 3.19. The second-order valence-corrected chi connectivity index (χ2v) is 5.80. The van der Waals surface area contributed by atoms with Crippen LogP contribution in [0.2, 0.25) is 5.02 Å². The van der Waals surface area contributed by atoms with Crippen LogP contribution in [0, 0.1) is 12.7 Å². The summed E-state index contributed by atoms with van der Waals surface area (Å²) in [7, 11) is 0. The van der Waals surface area contributed by atoms with Crippen molar-refractivity contribution in [2.75, 3.05) is 6.54 Å². The second-order valence-electron chi connectivity index (χ2n) is 5.39. The highest BCUT2D eigenvalue weighted by atomic mass is 35.5. The first kappa shape index (κ1) is 15.3. The molecular formula is C15H19ClFNO2. The number of carboxylic acids is 1. The fourth-order valence-corrected chi connectivity index (χ4v) is 3.03. The van der Waals surface area contributed by atoms with Gasteiger partial charge in [0.1, 0.15) is 5.82 Å². The molecule has 0 aromatic heterocycles. The molecular weight excluding hydrogens is 281 g/mol. The molecule has 1 aromatic carbocycles. The molecule has 1 aromatic rings. The van der Waals surface area contributed by atoms with E-state index >= 15 is 0 Å². The van der Waals surface area contributed by atoms with Crippen LogP contribution in [0.5, 0.6) is 0 Å². The molecule has 1 atom stereocenters. The summed E-state index contributed by atoms with van der Waals surface area (Å²) in [6.07, 6.45) is 2.87. The fraction of sp³-hybridized carbons (Fsp3) is 0.533. The summed E-state index contributed by atoms with van der Waals surface area (Å²) in [5.74, 6) is -1.01. The van der Waals surface area contributed by atoms with Crippen molar-refractivity contribution >= 4 is 17.6 Å². The monoisotopic (exact) mass is 299 g/mol. The Morgan fingerprint density at radius 3 is 3.00 bits per heavy atom. The molecule has 0 bridgehead atoms. The Labute approximate surface area is 123 Å². The van der Waals surface area contributed by atoms with Gasteiger partial charge in [-0.25, -0.2) is 4.39 Å². The van der Waals surface area contributed by atoms with E-state index in [4.69, 9.17) is 16.7 Å². The maximum atomic E-state index is 13.6. The van der Waals surface area contributed by atoms with Gasteiger partial charge in [0, 0.05) is 24.0 Å². The highest BCUT2D eigenvalue weighted by molar-refractivity contribution is 6.31. The molecule has 1 N–H and O–H groups in total. The van der Waals surface area contributed by atoms with Crippen LogP contribution in [0.4, 0.5) is 4.39 Å². The van der Waals surface area contributed by atoms with Gasteiger partial charge in [0.25, 0.3) is 0 Å². The normalized spacial score (nSPS) is 19.4. The molecule has 110 valence electrons. The number of carbonyl (C=O) groups is 1. The van der Waals surface area contributed by atoms with Crippen molar-refractivity contribution in [1.82, 2.24) is 4.90 Å². The maximum absolute atomic E-state index is 13.6. The molecule has 0 aliphatic carbocycles. The van der Waals surface area contributed by atoms with Crippen molar-refractivity contribution in [2.45, 2.75) is 45.2 Å². The molecule has 3 nitrogen and oxygen atoms in total. The van der Waals surface area contributed by atoms with Gasteiger partial charge < -0.3 is 5.11 Å². The Morgan fingerprint density at radius 2 is 2.30 bits per heavy atom. The Bertz CT molecular complexity index is 507. The standard InChI is InChI=1S/C15H19ClFNO2/c1-10-7-13(16)11(8-14(10)17)9-18-6-2-3-12(18)4-5-15(19)20/h7-8,12H,2-6,9H2,1H3,(H,19,20). The SMILES string of the molecule is Cc1cc(Cl)c(CN2CCCC2CCC(=O)O)cc1F. The van der Waals surface area contributed by atoms with Gasteiger partial charge in [-0.1, -0.05) is 11.6 Å². The Morgan fingerprint density at radius 1 is 1.55 bits per heavy atom. The summed E-state index contributed by atoms with van der Waals surface area (Å²) in [4.78, 5) is 12.9. The van der Waals surface area contributed by atoms with E-state index in [9.17, 15) is 9.18 Å². The lowest BCUT2D eigenvalue weighted by Gasteiger charge is -2.24. The first-order chi connectivity index (χ1) is 9.47. The van der Waals surface area contributed by atoms with E-state index in [1.807, 2.05) is 0 Å². The fourth-order valence-electron chi connectivity index (χ4n) is 2.75. The molecule has 1 aliphatic rings. The third-order valence-corrected chi connectivity index (χ3v) is 4.24. The molecule has 1 saturated heterocycles. The van der Waals surface area contributed by atoms with Crippen molar-refractivity contribution in [1.29, 1.82) is 0 Å². The minimum Gasteiger partial charge on any atom is -0.481 e. The van der Waals surface area contributed by atoms with Crippen LogP contribution in [0.15, 0.2) is 12.1 Å². The zero-order chi connectivity index (χ0) is 14.7. The highest BCUT2D eigenvalue weighted by Crippen LogP contribution is 2.27. The van der Waals surface area contributed by atoms with Crippen LogP contribution in [-0.4, -0.2) is 28.6 Å². The lowest BCUT2D eigenvalue weighted by Crippen LogP contribution is -2.29. The van der Waals surface area contributed by atoms with E-state index in [1.54, 1.807) is 13.0 Å². The molecule has 1 aliphatic heterocycles. The maximum Gasteiger partial charge on any atom is 0.303 e. The van der Waals surface area contributed by atoms with E-state index in [-0.39, 0.29) is 18.3 Å². The molecule has 5 heteroatoms. The number of aliphatic carboxylic acids is 1. The largest absolute Gasteiger partial charge is 0.481 e. The minimum absolute atomic E-state index is 0.178. The van der Waals surface area contributed by atoms with Gasteiger partial charge in [-0.05, 0) is 56.0 Å². The predicted molar refractivity (Wildman–Crippen MR) is 76.4 cm³/mol. The van der Waals surface area contributed by atoms with Gasteiger partial charge >= 0.3 is 5.97 Å². The van der Waals surface area contributed by atoms with E-state index in [0.29, 0.717) is 23.6 Å². The summed E-state index contributed by atoms with van der Waals surface area (Å²) >= 11 is 6.17. The van der Waals surface area contributed by atoms with Gasteiger partial charge in [0.2, 0.25) is 0 Å². The summed E-state index contributed by atoms with van der Waals surface area (Å²) in [5, 5.41) is 9.35. The lowest BCUT2D eigenvalue weighted by atomic mass is 10.1. The number of carboxylic acid groups (broad SMARTS) is 1.